The van der Waals surface area contributed by atoms with Crippen LogP contribution >= 0.6 is 0 Å². The van der Waals surface area contributed by atoms with E-state index in [1.807, 2.05) is 0 Å². The third-order valence-electron chi connectivity index (χ3n) is 2.89. The fourth-order valence-electron chi connectivity index (χ4n) is 1.86. The maximum atomic E-state index is 10.6. The van der Waals surface area contributed by atoms with Crippen LogP contribution in [0.15, 0.2) is 0 Å². The molecule has 0 heterocycles. The number of hydrogen-bond acceptors (Lipinski definition) is 2. The summed E-state index contributed by atoms with van der Waals surface area (Å²) in [5.41, 5.74) is 4.98. The molecule has 1 amide bonds. The summed E-state index contributed by atoms with van der Waals surface area (Å²) >= 11 is 0. The largest absolute Gasteiger partial charge is 0.449 e. The Hall–Kier alpha value is -0.730. The van der Waals surface area contributed by atoms with Crippen LogP contribution in [0.2, 0.25) is 0 Å². The van der Waals surface area contributed by atoms with Crippen molar-refractivity contribution >= 4 is 6.09 Å². The van der Waals surface area contributed by atoms with Gasteiger partial charge in [-0.15, -0.1) is 0 Å². The molecule has 3 nitrogen and oxygen atoms in total. The molecule has 0 aliphatic rings. The summed E-state index contributed by atoms with van der Waals surface area (Å²) in [5.74, 6) is 0.504. The zero-order chi connectivity index (χ0) is 12.2. The van der Waals surface area contributed by atoms with Gasteiger partial charge in [0, 0.05) is 0 Å². The van der Waals surface area contributed by atoms with E-state index in [-0.39, 0.29) is 0 Å². The lowest BCUT2D eigenvalue weighted by molar-refractivity contribution is 0.129. The summed E-state index contributed by atoms with van der Waals surface area (Å²) in [6.07, 6.45) is 9.16. The molecule has 0 aliphatic heterocycles. The third-order valence-corrected chi connectivity index (χ3v) is 2.89. The summed E-state index contributed by atoms with van der Waals surface area (Å²) in [6, 6.07) is 0. The number of unbranched alkanes of at least 4 members (excludes halogenated alkanes) is 4. The van der Waals surface area contributed by atoms with Crippen molar-refractivity contribution in [3.63, 3.8) is 0 Å². The zero-order valence-electron chi connectivity index (χ0n) is 10.8. The Morgan fingerprint density at radius 1 is 1.06 bits per heavy atom. The highest BCUT2D eigenvalue weighted by atomic mass is 16.5. The summed E-state index contributed by atoms with van der Waals surface area (Å²) in [4.78, 5) is 10.6. The summed E-state index contributed by atoms with van der Waals surface area (Å²) in [6.45, 7) is 4.90. The van der Waals surface area contributed by atoms with Gasteiger partial charge in [0.15, 0.2) is 0 Å². The average Bonchev–Trinajstić information content (AvgIpc) is 2.26. The van der Waals surface area contributed by atoms with E-state index >= 15 is 0 Å². The van der Waals surface area contributed by atoms with Gasteiger partial charge in [0.2, 0.25) is 0 Å². The van der Waals surface area contributed by atoms with Crippen LogP contribution in [-0.2, 0) is 4.74 Å². The van der Waals surface area contributed by atoms with Crippen LogP contribution in [0.1, 0.15) is 65.2 Å². The van der Waals surface area contributed by atoms with Crippen LogP contribution in [0.4, 0.5) is 4.79 Å². The molecule has 1 unspecified atom stereocenters. The normalized spacial score (nSPS) is 12.4. The molecule has 0 bridgehead atoms. The van der Waals surface area contributed by atoms with E-state index in [0.29, 0.717) is 12.5 Å². The lowest BCUT2D eigenvalue weighted by atomic mass is 9.96. The topological polar surface area (TPSA) is 52.3 Å². The number of carbonyl (C=O) groups excluding carboxylic acids is 1. The second kappa shape index (κ2) is 10.8. The standard InChI is InChI=1S/C13H27NO2/c1-3-5-7-8-10-12(9-6-4-2)11-16-13(14)15/h12H,3-11H2,1-2H3,(H2,14,15). The fourth-order valence-corrected chi connectivity index (χ4v) is 1.86. The van der Waals surface area contributed by atoms with Crippen LogP contribution in [-0.4, -0.2) is 12.7 Å². The summed E-state index contributed by atoms with van der Waals surface area (Å²) in [5, 5.41) is 0. The van der Waals surface area contributed by atoms with Crippen molar-refractivity contribution in [2.45, 2.75) is 65.2 Å². The highest BCUT2D eigenvalue weighted by Crippen LogP contribution is 2.17. The van der Waals surface area contributed by atoms with Crippen molar-refractivity contribution < 1.29 is 9.53 Å². The first-order valence-corrected chi connectivity index (χ1v) is 6.62. The van der Waals surface area contributed by atoms with Crippen LogP contribution in [0.5, 0.6) is 0 Å². The fraction of sp³-hybridized carbons (Fsp3) is 0.923. The highest BCUT2D eigenvalue weighted by molar-refractivity contribution is 5.64. The number of nitrogens with two attached hydrogens (primary N) is 1. The first-order chi connectivity index (χ1) is 7.70. The number of carbonyl (C=O) groups is 1. The van der Waals surface area contributed by atoms with E-state index in [0.717, 1.165) is 12.8 Å². The maximum Gasteiger partial charge on any atom is 0.404 e. The number of ether oxygens (including phenoxy) is 1. The molecule has 0 aromatic rings. The molecule has 0 radical (unpaired) electrons. The van der Waals surface area contributed by atoms with Gasteiger partial charge in [0.05, 0.1) is 6.61 Å². The SMILES string of the molecule is CCCCCCC(CCCC)COC(N)=O. The number of hydrogen-bond donors (Lipinski definition) is 1. The Labute approximate surface area is 99.7 Å². The van der Waals surface area contributed by atoms with E-state index in [1.165, 1.54) is 38.5 Å². The third kappa shape index (κ3) is 9.81. The van der Waals surface area contributed by atoms with Crippen LogP contribution < -0.4 is 5.73 Å². The quantitative estimate of drug-likeness (QED) is 0.578. The second-order valence-electron chi connectivity index (χ2n) is 4.49. The minimum absolute atomic E-state index is 0.501. The molecule has 16 heavy (non-hydrogen) atoms. The molecular formula is C13H27NO2. The van der Waals surface area contributed by atoms with Gasteiger partial charge in [0.25, 0.3) is 0 Å². The van der Waals surface area contributed by atoms with Crippen molar-refractivity contribution in [1.82, 2.24) is 0 Å². The lowest BCUT2D eigenvalue weighted by Crippen LogP contribution is -2.19. The molecule has 0 saturated carbocycles. The Morgan fingerprint density at radius 2 is 1.69 bits per heavy atom. The monoisotopic (exact) mass is 229 g/mol. The molecular weight excluding hydrogens is 202 g/mol. The van der Waals surface area contributed by atoms with Gasteiger partial charge in [-0.25, -0.2) is 4.79 Å². The predicted octanol–water partition coefficient (Wildman–Crippen LogP) is 3.86. The lowest BCUT2D eigenvalue weighted by Gasteiger charge is -2.15. The first kappa shape index (κ1) is 15.3. The minimum atomic E-state index is -0.643. The Bertz CT molecular complexity index is 171. The maximum absolute atomic E-state index is 10.6. The van der Waals surface area contributed by atoms with Gasteiger partial charge in [-0.2, -0.15) is 0 Å². The molecule has 0 fully saturated rings. The molecule has 0 rings (SSSR count). The van der Waals surface area contributed by atoms with Crippen molar-refractivity contribution in [3.05, 3.63) is 0 Å². The Kier molecular flexibility index (Phi) is 10.3. The molecule has 0 aromatic carbocycles. The molecule has 2 N–H and O–H groups in total. The molecule has 0 aliphatic carbocycles. The minimum Gasteiger partial charge on any atom is -0.449 e. The van der Waals surface area contributed by atoms with Crippen molar-refractivity contribution in [3.8, 4) is 0 Å². The number of rotatable bonds is 10. The second-order valence-corrected chi connectivity index (χ2v) is 4.49. The molecule has 3 heteroatoms. The number of amides is 1. The van der Waals surface area contributed by atoms with Gasteiger partial charge in [0.1, 0.15) is 0 Å². The van der Waals surface area contributed by atoms with Crippen molar-refractivity contribution in [2.24, 2.45) is 11.7 Å². The predicted molar refractivity (Wildman–Crippen MR) is 67.3 cm³/mol. The van der Waals surface area contributed by atoms with E-state index in [9.17, 15) is 4.79 Å². The van der Waals surface area contributed by atoms with Gasteiger partial charge < -0.3 is 10.5 Å². The van der Waals surface area contributed by atoms with Crippen molar-refractivity contribution in [1.29, 1.82) is 0 Å². The van der Waals surface area contributed by atoms with Gasteiger partial charge >= 0.3 is 6.09 Å². The first-order valence-electron chi connectivity index (χ1n) is 6.62. The van der Waals surface area contributed by atoms with Crippen LogP contribution in [0.25, 0.3) is 0 Å². The van der Waals surface area contributed by atoms with E-state index < -0.39 is 6.09 Å². The van der Waals surface area contributed by atoms with Crippen LogP contribution in [0.3, 0.4) is 0 Å². The molecule has 0 spiro atoms. The van der Waals surface area contributed by atoms with Gasteiger partial charge in [-0.05, 0) is 18.8 Å². The molecule has 0 aromatic heterocycles. The van der Waals surface area contributed by atoms with Gasteiger partial charge in [-0.3, -0.25) is 0 Å². The van der Waals surface area contributed by atoms with Crippen molar-refractivity contribution in [2.75, 3.05) is 6.61 Å². The number of primary amides is 1. The van der Waals surface area contributed by atoms with Crippen LogP contribution in [0, 0.1) is 5.92 Å². The molecule has 1 atom stereocenters. The zero-order valence-corrected chi connectivity index (χ0v) is 10.8. The molecule has 96 valence electrons. The van der Waals surface area contributed by atoms with E-state index in [2.05, 4.69) is 13.8 Å². The Morgan fingerprint density at radius 3 is 2.25 bits per heavy atom. The highest BCUT2D eigenvalue weighted by Gasteiger charge is 2.10. The van der Waals surface area contributed by atoms with E-state index in [4.69, 9.17) is 10.5 Å². The smallest absolute Gasteiger partial charge is 0.404 e. The van der Waals surface area contributed by atoms with E-state index in [1.54, 1.807) is 0 Å². The Balaban J connectivity index is 3.66. The van der Waals surface area contributed by atoms with Gasteiger partial charge in [-0.1, -0.05) is 52.4 Å². The molecule has 0 saturated heterocycles. The summed E-state index contributed by atoms with van der Waals surface area (Å²) < 4.78 is 4.90. The summed E-state index contributed by atoms with van der Waals surface area (Å²) in [7, 11) is 0. The average molecular weight is 229 g/mol.